The predicted octanol–water partition coefficient (Wildman–Crippen LogP) is 2.41. The van der Waals surface area contributed by atoms with Gasteiger partial charge in [0.2, 0.25) is 0 Å². The van der Waals surface area contributed by atoms with Gasteiger partial charge in [-0.1, -0.05) is 6.07 Å². The van der Waals surface area contributed by atoms with E-state index in [0.29, 0.717) is 12.2 Å². The summed E-state index contributed by atoms with van der Waals surface area (Å²) in [5.41, 5.74) is 9.92. The standard InChI is InChI=1S/C15H17N3O/c1-10-3-4-13(7-11(10)2)18-15(19)14-8-12(9-16)5-6-17-14/h3-8H,9,16H2,1-2H3,(H,18,19). The van der Waals surface area contributed by atoms with E-state index in [9.17, 15) is 4.79 Å². The van der Waals surface area contributed by atoms with Crippen LogP contribution in [0.5, 0.6) is 0 Å². The number of anilines is 1. The van der Waals surface area contributed by atoms with Crippen molar-refractivity contribution >= 4 is 11.6 Å². The number of aromatic nitrogens is 1. The molecule has 0 radical (unpaired) electrons. The van der Waals surface area contributed by atoms with E-state index in [1.54, 1.807) is 18.3 Å². The van der Waals surface area contributed by atoms with E-state index in [1.165, 1.54) is 5.56 Å². The maximum Gasteiger partial charge on any atom is 0.274 e. The number of hydrogen-bond acceptors (Lipinski definition) is 3. The van der Waals surface area contributed by atoms with Gasteiger partial charge in [0.1, 0.15) is 5.69 Å². The number of carbonyl (C=O) groups is 1. The van der Waals surface area contributed by atoms with Crippen molar-refractivity contribution in [2.45, 2.75) is 20.4 Å². The van der Waals surface area contributed by atoms with Crippen LogP contribution >= 0.6 is 0 Å². The van der Waals surface area contributed by atoms with Crippen molar-refractivity contribution in [3.8, 4) is 0 Å². The molecule has 0 fully saturated rings. The molecular formula is C15H17N3O. The van der Waals surface area contributed by atoms with Crippen LogP contribution in [0, 0.1) is 13.8 Å². The van der Waals surface area contributed by atoms with Gasteiger partial charge in [-0.3, -0.25) is 9.78 Å². The molecule has 2 rings (SSSR count). The molecule has 0 aliphatic carbocycles. The Morgan fingerprint density at radius 1 is 1.21 bits per heavy atom. The summed E-state index contributed by atoms with van der Waals surface area (Å²) in [7, 11) is 0. The van der Waals surface area contributed by atoms with Crippen LogP contribution in [0.4, 0.5) is 5.69 Å². The number of nitrogens with one attached hydrogen (secondary N) is 1. The molecule has 4 nitrogen and oxygen atoms in total. The minimum absolute atomic E-state index is 0.224. The highest BCUT2D eigenvalue weighted by Crippen LogP contribution is 2.15. The third-order valence-electron chi connectivity index (χ3n) is 3.06. The average Bonchev–Trinajstić information content (AvgIpc) is 2.43. The molecule has 0 saturated carbocycles. The first-order chi connectivity index (χ1) is 9.10. The van der Waals surface area contributed by atoms with Crippen molar-refractivity contribution in [1.29, 1.82) is 0 Å². The summed E-state index contributed by atoms with van der Waals surface area (Å²) in [6.07, 6.45) is 1.59. The number of rotatable bonds is 3. The lowest BCUT2D eigenvalue weighted by Crippen LogP contribution is -2.14. The van der Waals surface area contributed by atoms with E-state index in [4.69, 9.17) is 5.73 Å². The van der Waals surface area contributed by atoms with E-state index in [1.807, 2.05) is 32.0 Å². The summed E-state index contributed by atoms with van der Waals surface area (Å²) in [5, 5.41) is 2.84. The second-order valence-electron chi connectivity index (χ2n) is 4.51. The normalized spacial score (nSPS) is 10.3. The maximum atomic E-state index is 12.1. The Bertz CT molecular complexity index is 608. The Hall–Kier alpha value is -2.20. The molecule has 0 unspecified atom stereocenters. The number of aryl methyl sites for hydroxylation is 2. The Morgan fingerprint density at radius 3 is 2.68 bits per heavy atom. The summed E-state index contributed by atoms with van der Waals surface area (Å²) in [5.74, 6) is -0.224. The van der Waals surface area contributed by atoms with Crippen LogP contribution in [0.2, 0.25) is 0 Å². The predicted molar refractivity (Wildman–Crippen MR) is 76.0 cm³/mol. The molecule has 0 bridgehead atoms. The van der Waals surface area contributed by atoms with E-state index in [2.05, 4.69) is 10.3 Å². The van der Waals surface area contributed by atoms with Gasteiger partial charge >= 0.3 is 0 Å². The lowest BCUT2D eigenvalue weighted by atomic mass is 10.1. The first kappa shape index (κ1) is 13.2. The highest BCUT2D eigenvalue weighted by atomic mass is 16.1. The van der Waals surface area contributed by atoms with Gasteiger partial charge in [-0.05, 0) is 54.8 Å². The van der Waals surface area contributed by atoms with Gasteiger partial charge in [0.25, 0.3) is 5.91 Å². The van der Waals surface area contributed by atoms with Crippen molar-refractivity contribution < 1.29 is 4.79 Å². The zero-order valence-electron chi connectivity index (χ0n) is 11.1. The molecule has 19 heavy (non-hydrogen) atoms. The molecular weight excluding hydrogens is 238 g/mol. The van der Waals surface area contributed by atoms with Crippen molar-refractivity contribution in [1.82, 2.24) is 4.98 Å². The molecule has 2 aromatic rings. The van der Waals surface area contributed by atoms with Crippen LogP contribution in [-0.2, 0) is 6.54 Å². The van der Waals surface area contributed by atoms with Gasteiger partial charge in [-0.15, -0.1) is 0 Å². The molecule has 0 saturated heterocycles. The fourth-order valence-corrected chi connectivity index (χ4v) is 1.74. The summed E-state index contributed by atoms with van der Waals surface area (Å²) < 4.78 is 0. The summed E-state index contributed by atoms with van der Waals surface area (Å²) in [6, 6.07) is 9.31. The van der Waals surface area contributed by atoms with Crippen molar-refractivity contribution in [2.24, 2.45) is 5.73 Å². The van der Waals surface area contributed by atoms with Crippen LogP contribution in [0.25, 0.3) is 0 Å². The number of pyridine rings is 1. The molecule has 98 valence electrons. The topological polar surface area (TPSA) is 68.0 Å². The van der Waals surface area contributed by atoms with Crippen LogP contribution in [0.3, 0.4) is 0 Å². The van der Waals surface area contributed by atoms with Gasteiger partial charge in [0.15, 0.2) is 0 Å². The lowest BCUT2D eigenvalue weighted by Gasteiger charge is -2.07. The number of carbonyl (C=O) groups excluding carboxylic acids is 1. The van der Waals surface area contributed by atoms with Crippen molar-refractivity contribution in [3.05, 3.63) is 58.9 Å². The maximum absolute atomic E-state index is 12.1. The number of hydrogen-bond donors (Lipinski definition) is 2. The highest BCUT2D eigenvalue weighted by Gasteiger charge is 2.08. The van der Waals surface area contributed by atoms with Crippen molar-refractivity contribution in [3.63, 3.8) is 0 Å². The van der Waals surface area contributed by atoms with Gasteiger partial charge in [-0.25, -0.2) is 0 Å². The zero-order valence-corrected chi connectivity index (χ0v) is 11.1. The fraction of sp³-hybridized carbons (Fsp3) is 0.200. The highest BCUT2D eigenvalue weighted by molar-refractivity contribution is 6.02. The average molecular weight is 255 g/mol. The Labute approximate surface area is 112 Å². The molecule has 1 aromatic heterocycles. The number of nitrogens with two attached hydrogens (primary N) is 1. The largest absolute Gasteiger partial charge is 0.326 e. The van der Waals surface area contributed by atoms with E-state index in [0.717, 1.165) is 16.8 Å². The van der Waals surface area contributed by atoms with E-state index >= 15 is 0 Å². The molecule has 0 atom stereocenters. The fourth-order valence-electron chi connectivity index (χ4n) is 1.74. The molecule has 1 amide bonds. The molecule has 0 aliphatic rings. The molecule has 4 heteroatoms. The molecule has 0 spiro atoms. The summed E-state index contributed by atoms with van der Waals surface area (Å²) in [6.45, 7) is 4.44. The summed E-state index contributed by atoms with van der Waals surface area (Å²) in [4.78, 5) is 16.1. The Morgan fingerprint density at radius 2 is 2.00 bits per heavy atom. The first-order valence-electron chi connectivity index (χ1n) is 6.14. The van der Waals surface area contributed by atoms with Gasteiger partial charge < -0.3 is 11.1 Å². The third kappa shape index (κ3) is 3.17. The second-order valence-corrected chi connectivity index (χ2v) is 4.51. The second kappa shape index (κ2) is 5.63. The van der Waals surface area contributed by atoms with E-state index in [-0.39, 0.29) is 5.91 Å². The lowest BCUT2D eigenvalue weighted by molar-refractivity contribution is 0.102. The zero-order chi connectivity index (χ0) is 13.8. The minimum Gasteiger partial charge on any atom is -0.326 e. The van der Waals surface area contributed by atoms with Crippen molar-refractivity contribution in [2.75, 3.05) is 5.32 Å². The number of amides is 1. The minimum atomic E-state index is -0.224. The molecule has 1 aromatic carbocycles. The number of nitrogens with zero attached hydrogens (tertiary/aromatic N) is 1. The molecule has 1 heterocycles. The van der Waals surface area contributed by atoms with Gasteiger partial charge in [0, 0.05) is 18.4 Å². The third-order valence-corrected chi connectivity index (χ3v) is 3.06. The van der Waals surface area contributed by atoms with Gasteiger partial charge in [-0.2, -0.15) is 0 Å². The smallest absolute Gasteiger partial charge is 0.274 e. The summed E-state index contributed by atoms with van der Waals surface area (Å²) >= 11 is 0. The van der Waals surface area contributed by atoms with E-state index < -0.39 is 0 Å². The van der Waals surface area contributed by atoms with Crippen LogP contribution in [0.1, 0.15) is 27.2 Å². The Balaban J connectivity index is 2.18. The van der Waals surface area contributed by atoms with Crippen LogP contribution in [0.15, 0.2) is 36.5 Å². The Kier molecular flexibility index (Phi) is 3.92. The SMILES string of the molecule is Cc1ccc(NC(=O)c2cc(CN)ccn2)cc1C. The number of benzene rings is 1. The molecule has 3 N–H and O–H groups in total. The monoisotopic (exact) mass is 255 g/mol. The quantitative estimate of drug-likeness (QED) is 0.885. The molecule has 0 aliphatic heterocycles. The first-order valence-corrected chi connectivity index (χ1v) is 6.14. The van der Waals surface area contributed by atoms with Gasteiger partial charge in [0.05, 0.1) is 0 Å². The van der Waals surface area contributed by atoms with Crippen LogP contribution < -0.4 is 11.1 Å². The van der Waals surface area contributed by atoms with Crippen LogP contribution in [-0.4, -0.2) is 10.9 Å².